The van der Waals surface area contributed by atoms with Crippen LogP contribution in [0.5, 0.6) is 0 Å². The third-order valence-electron chi connectivity index (χ3n) is 5.76. The van der Waals surface area contributed by atoms with E-state index in [9.17, 15) is 14.8 Å². The van der Waals surface area contributed by atoms with E-state index in [0.29, 0.717) is 17.0 Å². The Morgan fingerprint density at radius 2 is 1.26 bits per heavy atom. The molecule has 0 aliphatic rings. The van der Waals surface area contributed by atoms with Crippen LogP contribution in [0.25, 0.3) is 0 Å². The average molecular weight is 388 g/mol. The second-order valence-corrected chi connectivity index (χ2v) is 11.5. The van der Waals surface area contributed by atoms with Gasteiger partial charge in [0.1, 0.15) is 0 Å². The molecule has 0 aliphatic carbocycles. The standard InChI is InChI=1S/C23H33O3P/c1-17(2)16-21(24)22(25)23(5,18(3)4)27(26,19-12-8-6-9-13-19)20-14-10-7-11-15-20/h6-15,17-18,21-22,24-25H,16H2,1-5H3/t21-,22+,23+/m1/s1. The van der Waals surface area contributed by atoms with Crippen LogP contribution in [0.3, 0.4) is 0 Å². The van der Waals surface area contributed by atoms with Gasteiger partial charge in [0.05, 0.1) is 17.4 Å². The lowest BCUT2D eigenvalue weighted by Crippen LogP contribution is -2.54. The molecule has 2 N–H and O–H groups in total. The van der Waals surface area contributed by atoms with Gasteiger partial charge < -0.3 is 14.8 Å². The monoisotopic (exact) mass is 388 g/mol. The minimum Gasteiger partial charge on any atom is -0.390 e. The summed E-state index contributed by atoms with van der Waals surface area (Å²) in [5, 5.41) is 22.5. The Hall–Kier alpha value is -1.41. The molecule has 0 spiro atoms. The number of hydrogen-bond acceptors (Lipinski definition) is 3. The van der Waals surface area contributed by atoms with Crippen molar-refractivity contribution in [2.24, 2.45) is 11.8 Å². The molecule has 0 bridgehead atoms. The number of benzene rings is 2. The van der Waals surface area contributed by atoms with E-state index in [1.807, 2.05) is 95.3 Å². The van der Waals surface area contributed by atoms with Crippen molar-refractivity contribution in [1.82, 2.24) is 0 Å². The smallest absolute Gasteiger partial charge is 0.151 e. The van der Waals surface area contributed by atoms with Gasteiger partial charge in [-0.25, -0.2) is 0 Å². The Morgan fingerprint density at radius 1 is 0.852 bits per heavy atom. The summed E-state index contributed by atoms with van der Waals surface area (Å²) in [7, 11) is -3.27. The predicted molar refractivity (Wildman–Crippen MR) is 114 cm³/mol. The fourth-order valence-electron chi connectivity index (χ4n) is 3.87. The van der Waals surface area contributed by atoms with E-state index in [1.54, 1.807) is 0 Å². The van der Waals surface area contributed by atoms with Crippen LogP contribution >= 0.6 is 7.14 Å². The zero-order valence-electron chi connectivity index (χ0n) is 17.0. The number of rotatable bonds is 8. The summed E-state index contributed by atoms with van der Waals surface area (Å²) >= 11 is 0. The lowest BCUT2D eigenvalue weighted by atomic mass is 9.85. The molecule has 4 heteroatoms. The molecule has 0 saturated carbocycles. The molecule has 0 aromatic heterocycles. The first kappa shape index (κ1) is 21.9. The van der Waals surface area contributed by atoms with E-state index in [1.165, 1.54) is 0 Å². The lowest BCUT2D eigenvalue weighted by molar-refractivity contribution is -0.0237. The van der Waals surface area contributed by atoms with Crippen molar-refractivity contribution < 1.29 is 14.8 Å². The Morgan fingerprint density at radius 3 is 1.59 bits per heavy atom. The van der Waals surface area contributed by atoms with Crippen LogP contribution in [0.15, 0.2) is 60.7 Å². The summed E-state index contributed by atoms with van der Waals surface area (Å²) in [4.78, 5) is 0. The number of hydrogen-bond donors (Lipinski definition) is 2. The lowest BCUT2D eigenvalue weighted by Gasteiger charge is -2.46. The van der Waals surface area contributed by atoms with Crippen LogP contribution < -0.4 is 10.6 Å². The van der Waals surface area contributed by atoms with Gasteiger partial charge in [0.25, 0.3) is 0 Å². The van der Waals surface area contributed by atoms with Crippen LogP contribution in [0, 0.1) is 11.8 Å². The van der Waals surface area contributed by atoms with Crippen molar-refractivity contribution in [1.29, 1.82) is 0 Å². The Labute approximate surface area is 163 Å². The van der Waals surface area contributed by atoms with Gasteiger partial charge in [-0.15, -0.1) is 0 Å². The Kier molecular flexibility index (Phi) is 7.08. The third-order valence-corrected chi connectivity index (χ3v) is 9.95. The first-order valence-electron chi connectivity index (χ1n) is 9.73. The molecule has 0 radical (unpaired) electrons. The highest BCUT2D eigenvalue weighted by atomic mass is 31.2. The molecule has 0 unspecified atom stereocenters. The van der Waals surface area contributed by atoms with E-state index in [0.717, 1.165) is 0 Å². The minimum absolute atomic E-state index is 0.111. The van der Waals surface area contributed by atoms with Crippen molar-refractivity contribution in [3.05, 3.63) is 60.7 Å². The summed E-state index contributed by atoms with van der Waals surface area (Å²) < 4.78 is 14.8. The molecule has 0 heterocycles. The normalized spacial score (nSPS) is 16.9. The summed E-state index contributed by atoms with van der Waals surface area (Å²) in [6, 6.07) is 18.8. The highest BCUT2D eigenvalue weighted by Crippen LogP contribution is 2.61. The second-order valence-electron chi connectivity index (χ2n) is 8.30. The third kappa shape index (κ3) is 4.06. The van der Waals surface area contributed by atoms with Gasteiger partial charge in [-0.1, -0.05) is 88.4 Å². The van der Waals surface area contributed by atoms with Crippen molar-refractivity contribution in [2.45, 2.75) is 58.4 Å². The van der Waals surface area contributed by atoms with Gasteiger partial charge in [0.15, 0.2) is 7.14 Å². The van der Waals surface area contributed by atoms with Crippen LogP contribution in [-0.4, -0.2) is 27.6 Å². The average Bonchev–Trinajstić information content (AvgIpc) is 2.66. The molecule has 148 valence electrons. The van der Waals surface area contributed by atoms with Crippen molar-refractivity contribution in [3.63, 3.8) is 0 Å². The van der Waals surface area contributed by atoms with E-state index in [4.69, 9.17) is 0 Å². The first-order chi connectivity index (χ1) is 12.7. The molecule has 0 aliphatic heterocycles. The van der Waals surface area contributed by atoms with Crippen molar-refractivity contribution >= 4 is 17.8 Å². The van der Waals surface area contributed by atoms with Crippen LogP contribution in [-0.2, 0) is 4.57 Å². The van der Waals surface area contributed by atoms with Gasteiger partial charge in [0.2, 0.25) is 0 Å². The molecule has 2 aromatic rings. The van der Waals surface area contributed by atoms with Gasteiger partial charge in [0, 0.05) is 10.6 Å². The minimum atomic E-state index is -3.27. The molecule has 0 fully saturated rings. The van der Waals surface area contributed by atoms with E-state index >= 15 is 0 Å². The maximum Gasteiger partial charge on any atom is 0.151 e. The van der Waals surface area contributed by atoms with Gasteiger partial charge in [-0.2, -0.15) is 0 Å². The summed E-state index contributed by atoms with van der Waals surface area (Å²) in [5.41, 5.74) is 0. The molecule has 27 heavy (non-hydrogen) atoms. The number of aliphatic hydroxyl groups is 2. The topological polar surface area (TPSA) is 57.5 Å². The molecule has 2 rings (SSSR count). The van der Waals surface area contributed by atoms with E-state index < -0.39 is 24.5 Å². The van der Waals surface area contributed by atoms with Crippen LogP contribution in [0.1, 0.15) is 41.0 Å². The SMILES string of the molecule is CC(C)C[C@@H](O)[C@H](O)[C@](C)(C(C)C)P(=O)(c1ccccc1)c1ccccc1. The molecular formula is C23H33O3P. The zero-order valence-corrected chi connectivity index (χ0v) is 17.9. The predicted octanol–water partition coefficient (Wildman–Crippen LogP) is 4.18. The molecular weight excluding hydrogens is 355 g/mol. The van der Waals surface area contributed by atoms with E-state index in [2.05, 4.69) is 0 Å². The number of aliphatic hydroxyl groups excluding tert-OH is 2. The Bertz CT molecular complexity index is 714. The van der Waals surface area contributed by atoms with Crippen LogP contribution in [0.2, 0.25) is 0 Å². The highest BCUT2D eigenvalue weighted by Gasteiger charge is 2.55. The van der Waals surface area contributed by atoms with Gasteiger partial charge >= 0.3 is 0 Å². The van der Waals surface area contributed by atoms with Gasteiger partial charge in [-0.3, -0.25) is 0 Å². The molecule has 0 amide bonds. The molecule has 2 aromatic carbocycles. The fourth-order valence-corrected chi connectivity index (χ4v) is 7.74. The van der Waals surface area contributed by atoms with Crippen molar-refractivity contribution in [2.75, 3.05) is 0 Å². The van der Waals surface area contributed by atoms with Crippen molar-refractivity contribution in [3.8, 4) is 0 Å². The second kappa shape index (κ2) is 8.73. The molecule has 0 saturated heterocycles. The summed E-state index contributed by atoms with van der Waals surface area (Å²) in [6.45, 7) is 9.84. The Balaban J connectivity index is 2.72. The fraction of sp³-hybridized carbons (Fsp3) is 0.478. The van der Waals surface area contributed by atoms with Crippen LogP contribution in [0.4, 0.5) is 0 Å². The molecule has 3 nitrogen and oxygen atoms in total. The zero-order chi connectivity index (χ0) is 20.2. The van der Waals surface area contributed by atoms with E-state index in [-0.39, 0.29) is 11.8 Å². The summed E-state index contributed by atoms with van der Waals surface area (Å²) in [5.74, 6) is 0.124. The summed E-state index contributed by atoms with van der Waals surface area (Å²) in [6.07, 6.45) is -1.57. The highest BCUT2D eigenvalue weighted by molar-refractivity contribution is 7.80. The first-order valence-corrected chi connectivity index (χ1v) is 11.4. The van der Waals surface area contributed by atoms with Gasteiger partial charge in [-0.05, 0) is 25.2 Å². The maximum absolute atomic E-state index is 14.8. The maximum atomic E-state index is 14.8. The quantitative estimate of drug-likeness (QED) is 0.667. The largest absolute Gasteiger partial charge is 0.390 e. The molecule has 3 atom stereocenters.